The standard InChI is InChI=1S/C30H20FNO9/c1-3-4-5-6-11-9-13-16(29(40)32-11)26(37)21-12(22(13)31)7-8-30(21)27(38)19-20(28(30)39)25(36)18-17(24(19)35)14(33)10-15(41-2)23(18)34/h3-6,9-10,37-39H,7-8H2,1-2H3,(H,32,40)/b4-3+,6-5+. The van der Waals surface area contributed by atoms with Crippen LogP contribution >= 0.6 is 0 Å². The van der Waals surface area contributed by atoms with Gasteiger partial charge in [-0.05, 0) is 37.5 Å². The van der Waals surface area contributed by atoms with Gasteiger partial charge in [-0.25, -0.2) is 4.39 Å². The van der Waals surface area contributed by atoms with Crippen LogP contribution in [0.4, 0.5) is 4.39 Å². The Labute approximate surface area is 226 Å². The summed E-state index contributed by atoms with van der Waals surface area (Å²) in [6.45, 7) is 1.79. The number of ether oxygens (including phenoxy) is 1. The molecule has 10 nitrogen and oxygen atoms in total. The number of H-pyrrole nitrogens is 1. The molecule has 6 rings (SSSR count). The molecule has 206 valence electrons. The fraction of sp³-hybridized carbons (Fsp3) is 0.167. The Kier molecular flexibility index (Phi) is 5.43. The minimum atomic E-state index is -2.18. The third-order valence-electron chi connectivity index (χ3n) is 7.96. The minimum Gasteiger partial charge on any atom is -0.510 e. The number of nitrogens with one attached hydrogen (secondary N) is 1. The molecule has 4 aliphatic rings. The average Bonchev–Trinajstić information content (AvgIpc) is 3.45. The number of aromatic nitrogens is 1. The van der Waals surface area contributed by atoms with Gasteiger partial charge in [0.2, 0.25) is 16.3 Å². The van der Waals surface area contributed by atoms with Crippen molar-refractivity contribution in [2.75, 3.05) is 7.11 Å². The number of methoxy groups -OCH3 is 1. The van der Waals surface area contributed by atoms with Gasteiger partial charge in [-0.3, -0.25) is 24.0 Å². The molecule has 1 spiro atoms. The highest BCUT2D eigenvalue weighted by atomic mass is 19.1. The summed E-state index contributed by atoms with van der Waals surface area (Å²) in [7, 11) is 1.09. The number of phenols is 1. The van der Waals surface area contributed by atoms with Crippen LogP contribution in [0.15, 0.2) is 54.3 Å². The molecule has 2 aromatic rings. The van der Waals surface area contributed by atoms with Gasteiger partial charge < -0.3 is 25.0 Å². The first-order chi connectivity index (χ1) is 19.5. The van der Waals surface area contributed by atoms with Gasteiger partial charge in [0, 0.05) is 22.7 Å². The Morgan fingerprint density at radius 1 is 0.927 bits per heavy atom. The van der Waals surface area contributed by atoms with Crippen LogP contribution in [0.2, 0.25) is 0 Å². The molecule has 0 bridgehead atoms. The van der Waals surface area contributed by atoms with Crippen molar-refractivity contribution < 1.29 is 24.4 Å². The van der Waals surface area contributed by atoms with Crippen molar-refractivity contribution in [1.29, 1.82) is 0 Å². The number of phenolic OH excluding ortho intramolecular Hbond substituents is 1. The van der Waals surface area contributed by atoms with Crippen LogP contribution in [0.5, 0.6) is 11.5 Å². The van der Waals surface area contributed by atoms with Crippen molar-refractivity contribution in [3.05, 3.63) is 125 Å². The predicted molar refractivity (Wildman–Crippen MR) is 147 cm³/mol. The number of hydrogen-bond donors (Lipinski definition) is 4. The van der Waals surface area contributed by atoms with E-state index >= 15 is 4.39 Å². The lowest BCUT2D eigenvalue weighted by Gasteiger charge is -2.27. The van der Waals surface area contributed by atoms with Gasteiger partial charge in [0.05, 0.1) is 33.4 Å². The highest BCUT2D eigenvalue weighted by molar-refractivity contribution is 5.95. The third-order valence-corrected chi connectivity index (χ3v) is 7.96. The lowest BCUT2D eigenvalue weighted by atomic mass is 9.78. The Morgan fingerprint density at radius 3 is 2.22 bits per heavy atom. The molecule has 1 unspecified atom stereocenters. The second kappa shape index (κ2) is 8.59. The Bertz CT molecular complexity index is 2410. The normalized spacial score (nSPS) is 18.0. The lowest BCUT2D eigenvalue weighted by molar-refractivity contribution is 0.362. The molecule has 11 heteroatoms. The van der Waals surface area contributed by atoms with Gasteiger partial charge in [0.15, 0.2) is 11.2 Å². The van der Waals surface area contributed by atoms with Crippen LogP contribution in [0.25, 0.3) is 28.4 Å². The molecule has 4 N–H and O–H groups in total. The van der Waals surface area contributed by atoms with E-state index in [4.69, 9.17) is 4.74 Å². The molecule has 0 fully saturated rings. The fourth-order valence-corrected chi connectivity index (χ4v) is 6.17. The third kappa shape index (κ3) is 3.08. The summed E-state index contributed by atoms with van der Waals surface area (Å²) in [5, 5.41) is 30.5. The van der Waals surface area contributed by atoms with E-state index in [0.29, 0.717) is 0 Å². The molecule has 1 atom stereocenters. The summed E-state index contributed by atoms with van der Waals surface area (Å²) in [4.78, 5) is 68.2. The molecule has 0 amide bonds. The fourth-order valence-electron chi connectivity index (χ4n) is 6.17. The van der Waals surface area contributed by atoms with Gasteiger partial charge in [-0.15, -0.1) is 0 Å². The first-order valence-corrected chi connectivity index (χ1v) is 12.5. The van der Waals surface area contributed by atoms with Gasteiger partial charge in [0.25, 0.3) is 5.56 Å². The number of aliphatic hydroxyl groups excluding tert-OH is 2. The van der Waals surface area contributed by atoms with E-state index in [0.717, 1.165) is 13.2 Å². The second-order valence-corrected chi connectivity index (χ2v) is 9.91. The van der Waals surface area contributed by atoms with Crippen LogP contribution in [-0.2, 0) is 11.8 Å². The van der Waals surface area contributed by atoms with Crippen molar-refractivity contribution in [1.82, 2.24) is 4.98 Å². The summed E-state index contributed by atoms with van der Waals surface area (Å²) >= 11 is 0. The SMILES string of the molecule is C/C=C/C=C/c1cc2c(F)c3c(c(O)c2c(=O)[nH]1)C1(CC3)C(O)=c2c(=O)c3c(=O)cc(OC)c(=O)c=3c(=O)c2=C1O. The largest absolute Gasteiger partial charge is 0.510 e. The topological polar surface area (TPSA) is 171 Å². The van der Waals surface area contributed by atoms with Crippen molar-refractivity contribution in [3.63, 3.8) is 0 Å². The van der Waals surface area contributed by atoms with E-state index < -0.39 is 87.8 Å². The number of pyridine rings is 1. The van der Waals surface area contributed by atoms with Crippen molar-refractivity contribution in [3.8, 4) is 11.5 Å². The molecule has 0 aliphatic heterocycles. The van der Waals surface area contributed by atoms with Gasteiger partial charge in [-0.2, -0.15) is 0 Å². The first-order valence-electron chi connectivity index (χ1n) is 12.5. The van der Waals surface area contributed by atoms with Crippen LogP contribution in [0.3, 0.4) is 0 Å². The Morgan fingerprint density at radius 2 is 1.59 bits per heavy atom. The van der Waals surface area contributed by atoms with E-state index in [1.807, 2.05) is 0 Å². The Balaban J connectivity index is 1.78. The number of aliphatic hydroxyl groups is 2. The molecule has 1 aromatic heterocycles. The number of allylic oxidation sites excluding steroid dienone is 3. The van der Waals surface area contributed by atoms with Gasteiger partial charge >= 0.3 is 0 Å². The molecule has 0 saturated carbocycles. The van der Waals surface area contributed by atoms with Crippen LogP contribution in [0.1, 0.15) is 30.2 Å². The number of hydrogen-bond acceptors (Lipinski definition) is 9. The zero-order valence-corrected chi connectivity index (χ0v) is 21.5. The number of aromatic amines is 1. The highest BCUT2D eigenvalue weighted by Crippen LogP contribution is 2.54. The summed E-state index contributed by atoms with van der Waals surface area (Å²) in [5.41, 5.74) is -7.79. The number of aromatic hydroxyl groups is 1. The molecule has 0 radical (unpaired) electrons. The maximum absolute atomic E-state index is 16.0. The van der Waals surface area contributed by atoms with E-state index in [9.17, 15) is 39.3 Å². The monoisotopic (exact) mass is 557 g/mol. The molecular weight excluding hydrogens is 537 g/mol. The zero-order chi connectivity index (χ0) is 29.5. The average molecular weight is 557 g/mol. The molecular formula is C30H20FNO9. The summed E-state index contributed by atoms with van der Waals surface area (Å²) in [6, 6.07) is 2.07. The molecule has 1 heterocycles. The molecule has 1 aromatic carbocycles. The van der Waals surface area contributed by atoms with E-state index in [1.54, 1.807) is 25.2 Å². The zero-order valence-electron chi connectivity index (χ0n) is 21.5. The van der Waals surface area contributed by atoms with Crippen molar-refractivity contribution in [2.24, 2.45) is 0 Å². The van der Waals surface area contributed by atoms with E-state index in [2.05, 4.69) is 4.98 Å². The van der Waals surface area contributed by atoms with Crippen molar-refractivity contribution in [2.45, 2.75) is 25.2 Å². The molecule has 0 saturated heterocycles. The summed E-state index contributed by atoms with van der Waals surface area (Å²) in [6.07, 6.45) is 6.12. The van der Waals surface area contributed by atoms with E-state index in [1.165, 1.54) is 12.1 Å². The first kappa shape index (κ1) is 25.9. The van der Waals surface area contributed by atoms with Crippen LogP contribution < -0.4 is 42.4 Å². The summed E-state index contributed by atoms with van der Waals surface area (Å²) in [5.74, 6) is -3.94. The number of halogens is 1. The minimum absolute atomic E-state index is 0.143. The van der Waals surface area contributed by atoms with Crippen molar-refractivity contribution >= 4 is 28.4 Å². The van der Waals surface area contributed by atoms with Crippen LogP contribution in [-0.4, -0.2) is 27.4 Å². The second-order valence-electron chi connectivity index (χ2n) is 9.91. The number of benzene rings is 1. The highest BCUT2D eigenvalue weighted by Gasteiger charge is 2.54. The predicted octanol–water partition coefficient (Wildman–Crippen LogP) is 0.242. The molecule has 41 heavy (non-hydrogen) atoms. The maximum atomic E-state index is 16.0. The summed E-state index contributed by atoms with van der Waals surface area (Å²) < 4.78 is 20.9. The van der Waals surface area contributed by atoms with Gasteiger partial charge in [-0.1, -0.05) is 18.2 Å². The quantitative estimate of drug-likeness (QED) is 0.258. The van der Waals surface area contributed by atoms with Gasteiger partial charge in [0.1, 0.15) is 28.5 Å². The van der Waals surface area contributed by atoms with E-state index in [-0.39, 0.29) is 35.0 Å². The smallest absolute Gasteiger partial charge is 0.260 e. The Hall–Kier alpha value is -5.32. The molecule has 4 aliphatic carbocycles. The maximum Gasteiger partial charge on any atom is 0.260 e. The lowest BCUT2D eigenvalue weighted by Crippen LogP contribution is -2.51. The number of rotatable bonds is 3. The van der Waals surface area contributed by atoms with Crippen LogP contribution in [0, 0.1) is 16.3 Å². The number of fused-ring (bicyclic) bond motifs is 4.